The Hall–Kier alpha value is -0.120. The predicted molar refractivity (Wildman–Crippen MR) is 75.8 cm³/mol. The Bertz CT molecular complexity index is 247. The number of nitrogens with zero attached hydrogens (tertiary/aromatic N) is 1. The highest BCUT2D eigenvalue weighted by molar-refractivity contribution is 4.85. The normalized spacial score (nSPS) is 36.5. The number of hydrogen-bond acceptors (Lipinski definition) is 3. The van der Waals surface area contributed by atoms with E-state index in [4.69, 9.17) is 4.74 Å². The average Bonchev–Trinajstić information content (AvgIpc) is 2.41. The molecule has 2 saturated heterocycles. The molecule has 0 amide bonds. The number of rotatable bonds is 4. The van der Waals surface area contributed by atoms with Gasteiger partial charge in [-0.25, -0.2) is 0 Å². The molecule has 2 heterocycles. The highest BCUT2D eigenvalue weighted by Gasteiger charge is 2.28. The van der Waals surface area contributed by atoms with Gasteiger partial charge in [-0.3, -0.25) is 0 Å². The molecule has 0 aromatic rings. The van der Waals surface area contributed by atoms with Gasteiger partial charge >= 0.3 is 0 Å². The largest absolute Gasteiger partial charge is 0.381 e. The van der Waals surface area contributed by atoms with E-state index in [0.29, 0.717) is 18.0 Å². The number of hydrogen-bond donors (Lipinski definition) is 1. The molecule has 0 radical (unpaired) electrons. The first-order valence-corrected chi connectivity index (χ1v) is 7.76. The summed E-state index contributed by atoms with van der Waals surface area (Å²) in [6.45, 7) is 12.6. The van der Waals surface area contributed by atoms with Crippen LogP contribution in [0.25, 0.3) is 0 Å². The Labute approximate surface area is 112 Å². The third-order valence-electron chi connectivity index (χ3n) is 4.81. The van der Waals surface area contributed by atoms with Crippen LogP contribution in [0.5, 0.6) is 0 Å². The first-order valence-electron chi connectivity index (χ1n) is 7.76. The summed E-state index contributed by atoms with van der Waals surface area (Å²) in [4.78, 5) is 2.60. The predicted octanol–water partition coefficient (Wildman–Crippen LogP) is 2.12. The Balaban J connectivity index is 1.81. The van der Waals surface area contributed by atoms with E-state index in [1.54, 1.807) is 0 Å². The highest BCUT2D eigenvalue weighted by Crippen LogP contribution is 2.22. The number of likely N-dealkylation sites (tertiary alicyclic amines) is 1. The van der Waals surface area contributed by atoms with Crippen LogP contribution >= 0.6 is 0 Å². The minimum atomic E-state index is 0.643. The third kappa shape index (κ3) is 3.69. The van der Waals surface area contributed by atoms with Crippen molar-refractivity contribution in [3.63, 3.8) is 0 Å². The van der Waals surface area contributed by atoms with Crippen LogP contribution in [0.15, 0.2) is 0 Å². The maximum atomic E-state index is 5.53. The second-order valence-corrected chi connectivity index (χ2v) is 6.20. The van der Waals surface area contributed by atoms with Crippen LogP contribution in [0.3, 0.4) is 0 Å². The minimum absolute atomic E-state index is 0.643. The molecular weight excluding hydrogens is 224 g/mol. The van der Waals surface area contributed by atoms with Gasteiger partial charge in [-0.2, -0.15) is 0 Å². The zero-order chi connectivity index (χ0) is 13.0. The van der Waals surface area contributed by atoms with Gasteiger partial charge in [0, 0.05) is 25.2 Å². The molecule has 106 valence electrons. The lowest BCUT2D eigenvalue weighted by Crippen LogP contribution is -2.51. The third-order valence-corrected chi connectivity index (χ3v) is 4.81. The molecular formula is C15H30N2O. The molecule has 4 unspecified atom stereocenters. The summed E-state index contributed by atoms with van der Waals surface area (Å²) in [5, 5.41) is 3.88. The second kappa shape index (κ2) is 6.88. The molecule has 0 aromatic carbocycles. The van der Waals surface area contributed by atoms with Crippen LogP contribution in [0, 0.1) is 11.8 Å². The van der Waals surface area contributed by atoms with Crippen molar-refractivity contribution in [1.82, 2.24) is 10.2 Å². The molecule has 18 heavy (non-hydrogen) atoms. The van der Waals surface area contributed by atoms with Crippen molar-refractivity contribution in [3.05, 3.63) is 0 Å². The van der Waals surface area contributed by atoms with Crippen LogP contribution in [0.2, 0.25) is 0 Å². The molecule has 2 aliphatic heterocycles. The average molecular weight is 254 g/mol. The Kier molecular flexibility index (Phi) is 5.46. The Morgan fingerprint density at radius 1 is 1.39 bits per heavy atom. The molecule has 0 saturated carbocycles. The van der Waals surface area contributed by atoms with E-state index in [0.717, 1.165) is 19.1 Å². The van der Waals surface area contributed by atoms with Crippen molar-refractivity contribution >= 4 is 0 Å². The zero-order valence-electron chi connectivity index (χ0n) is 12.3. The van der Waals surface area contributed by atoms with Gasteiger partial charge in [0.05, 0.1) is 6.61 Å². The lowest BCUT2D eigenvalue weighted by Gasteiger charge is -2.39. The van der Waals surface area contributed by atoms with Crippen LogP contribution < -0.4 is 5.32 Å². The molecule has 3 nitrogen and oxygen atoms in total. The summed E-state index contributed by atoms with van der Waals surface area (Å²) in [7, 11) is 0. The molecule has 4 atom stereocenters. The lowest BCUT2D eigenvalue weighted by molar-refractivity contribution is 0.0314. The summed E-state index contributed by atoms with van der Waals surface area (Å²) >= 11 is 0. The number of piperidine rings is 1. The molecule has 0 spiro atoms. The fourth-order valence-electron chi connectivity index (χ4n) is 3.39. The number of ether oxygens (including phenoxy) is 1. The van der Waals surface area contributed by atoms with Crippen molar-refractivity contribution < 1.29 is 4.74 Å². The van der Waals surface area contributed by atoms with Gasteiger partial charge in [0.1, 0.15) is 0 Å². The second-order valence-electron chi connectivity index (χ2n) is 6.20. The summed E-state index contributed by atoms with van der Waals surface area (Å²) < 4.78 is 5.53. The molecule has 0 aromatic heterocycles. The van der Waals surface area contributed by atoms with E-state index in [2.05, 4.69) is 31.0 Å². The van der Waals surface area contributed by atoms with Gasteiger partial charge in [0.15, 0.2) is 0 Å². The van der Waals surface area contributed by atoms with Crippen molar-refractivity contribution in [2.45, 2.75) is 52.1 Å². The summed E-state index contributed by atoms with van der Waals surface area (Å²) in [5.74, 6) is 1.49. The van der Waals surface area contributed by atoms with E-state index in [9.17, 15) is 0 Å². The Morgan fingerprint density at radius 3 is 2.94 bits per heavy atom. The smallest absolute Gasteiger partial charge is 0.0506 e. The summed E-state index contributed by atoms with van der Waals surface area (Å²) in [6, 6.07) is 1.30. The van der Waals surface area contributed by atoms with Crippen LogP contribution in [0.4, 0.5) is 0 Å². The van der Waals surface area contributed by atoms with E-state index in [1.165, 1.54) is 38.9 Å². The van der Waals surface area contributed by atoms with Crippen molar-refractivity contribution in [2.24, 2.45) is 11.8 Å². The van der Waals surface area contributed by atoms with Crippen molar-refractivity contribution in [3.8, 4) is 0 Å². The molecule has 3 heteroatoms. The topological polar surface area (TPSA) is 24.5 Å². The standard InChI is InChI=1S/C15H30N2O/c1-4-17-8-5-6-14(10-17)13(3)16-15-7-9-18-11-12(15)2/h12-16H,4-11H2,1-3H3. The maximum Gasteiger partial charge on any atom is 0.0506 e. The molecule has 1 N–H and O–H groups in total. The first-order chi connectivity index (χ1) is 8.70. The molecule has 0 bridgehead atoms. The van der Waals surface area contributed by atoms with Gasteiger partial charge in [-0.1, -0.05) is 13.8 Å². The molecule has 2 aliphatic rings. The van der Waals surface area contributed by atoms with Gasteiger partial charge in [0.2, 0.25) is 0 Å². The van der Waals surface area contributed by atoms with Gasteiger partial charge in [-0.15, -0.1) is 0 Å². The summed E-state index contributed by atoms with van der Waals surface area (Å²) in [6.07, 6.45) is 3.94. The van der Waals surface area contributed by atoms with E-state index in [-0.39, 0.29) is 0 Å². The quantitative estimate of drug-likeness (QED) is 0.832. The highest BCUT2D eigenvalue weighted by atomic mass is 16.5. The first kappa shape index (κ1) is 14.3. The van der Waals surface area contributed by atoms with Crippen molar-refractivity contribution in [2.75, 3.05) is 32.8 Å². The zero-order valence-corrected chi connectivity index (χ0v) is 12.3. The minimum Gasteiger partial charge on any atom is -0.381 e. The maximum absolute atomic E-state index is 5.53. The van der Waals surface area contributed by atoms with Crippen molar-refractivity contribution in [1.29, 1.82) is 0 Å². The van der Waals surface area contributed by atoms with Crippen LogP contribution in [-0.4, -0.2) is 49.8 Å². The fourth-order valence-corrected chi connectivity index (χ4v) is 3.39. The van der Waals surface area contributed by atoms with Gasteiger partial charge in [0.25, 0.3) is 0 Å². The van der Waals surface area contributed by atoms with E-state index >= 15 is 0 Å². The molecule has 2 fully saturated rings. The fraction of sp³-hybridized carbons (Fsp3) is 1.00. The lowest BCUT2D eigenvalue weighted by atomic mass is 9.89. The van der Waals surface area contributed by atoms with E-state index < -0.39 is 0 Å². The summed E-state index contributed by atoms with van der Waals surface area (Å²) in [5.41, 5.74) is 0. The van der Waals surface area contributed by atoms with Crippen LogP contribution in [-0.2, 0) is 4.74 Å². The SMILES string of the molecule is CCN1CCCC(C(C)NC2CCOCC2C)C1. The molecule has 2 rings (SSSR count). The Morgan fingerprint density at radius 2 is 2.22 bits per heavy atom. The van der Waals surface area contributed by atoms with E-state index in [1.807, 2.05) is 0 Å². The van der Waals surface area contributed by atoms with Gasteiger partial charge in [-0.05, 0) is 51.1 Å². The number of nitrogens with one attached hydrogen (secondary N) is 1. The van der Waals surface area contributed by atoms with Gasteiger partial charge < -0.3 is 15.0 Å². The van der Waals surface area contributed by atoms with Crippen LogP contribution in [0.1, 0.15) is 40.0 Å². The monoisotopic (exact) mass is 254 g/mol. The molecule has 0 aliphatic carbocycles.